The summed E-state index contributed by atoms with van der Waals surface area (Å²) in [4.78, 5) is 14.5. The van der Waals surface area contributed by atoms with Crippen LogP contribution in [-0.2, 0) is 0 Å². The van der Waals surface area contributed by atoms with Crippen LogP contribution in [0.25, 0.3) is 0 Å². The molecule has 0 aliphatic carbocycles. The van der Waals surface area contributed by atoms with Crippen molar-refractivity contribution in [2.75, 3.05) is 6.54 Å². The number of aliphatic hydroxyl groups excluding tert-OH is 1. The lowest BCUT2D eigenvalue weighted by Gasteiger charge is -2.36. The molecule has 104 valence electrons. The van der Waals surface area contributed by atoms with Gasteiger partial charge in [-0.05, 0) is 73.4 Å². The van der Waals surface area contributed by atoms with E-state index in [0.717, 1.165) is 34.9 Å². The fourth-order valence-corrected chi connectivity index (χ4v) is 3.24. The number of halogens is 1. The van der Waals surface area contributed by atoms with Crippen molar-refractivity contribution in [3.8, 4) is 0 Å². The number of carbonyl (C=O) groups excluding carboxylic acids is 1. The highest BCUT2D eigenvalue weighted by atomic mass is 127. The van der Waals surface area contributed by atoms with E-state index in [1.54, 1.807) is 6.92 Å². The van der Waals surface area contributed by atoms with Crippen LogP contribution < -0.4 is 0 Å². The van der Waals surface area contributed by atoms with Crippen molar-refractivity contribution in [2.45, 2.75) is 44.8 Å². The molecule has 1 aliphatic heterocycles. The molecule has 0 aromatic heterocycles. The molecular formula is C15H20INO2. The topological polar surface area (TPSA) is 40.5 Å². The third-order valence-corrected chi connectivity index (χ3v) is 4.24. The van der Waals surface area contributed by atoms with Gasteiger partial charge in [-0.25, -0.2) is 0 Å². The molecule has 1 aliphatic rings. The zero-order valence-corrected chi connectivity index (χ0v) is 13.3. The summed E-state index contributed by atoms with van der Waals surface area (Å²) in [6.45, 7) is 2.60. The minimum Gasteiger partial charge on any atom is -0.393 e. The lowest BCUT2D eigenvalue weighted by atomic mass is 9.96. The second kappa shape index (κ2) is 6.70. The standard InChI is InChI=1S/C15H20INO2/c1-11(18)9-14-7-2-3-8-17(14)15(19)12-5-4-6-13(16)10-12/h4-6,10-11,14,18H,2-3,7-9H2,1H3. The van der Waals surface area contributed by atoms with Crippen LogP contribution in [0, 0.1) is 3.57 Å². The van der Waals surface area contributed by atoms with E-state index in [2.05, 4.69) is 22.6 Å². The van der Waals surface area contributed by atoms with E-state index < -0.39 is 0 Å². The average molecular weight is 373 g/mol. The number of piperidine rings is 1. The molecule has 1 fully saturated rings. The number of benzene rings is 1. The van der Waals surface area contributed by atoms with Crippen molar-refractivity contribution in [1.82, 2.24) is 4.90 Å². The highest BCUT2D eigenvalue weighted by Crippen LogP contribution is 2.23. The summed E-state index contributed by atoms with van der Waals surface area (Å²) in [7, 11) is 0. The maximum Gasteiger partial charge on any atom is 0.254 e. The second-order valence-electron chi connectivity index (χ2n) is 5.24. The van der Waals surface area contributed by atoms with Gasteiger partial charge in [0.2, 0.25) is 0 Å². The summed E-state index contributed by atoms with van der Waals surface area (Å²) in [5, 5.41) is 9.58. The first kappa shape index (κ1) is 14.8. The van der Waals surface area contributed by atoms with Gasteiger partial charge in [-0.15, -0.1) is 0 Å². The van der Waals surface area contributed by atoms with Crippen LogP contribution in [0.1, 0.15) is 43.0 Å². The zero-order chi connectivity index (χ0) is 13.8. The van der Waals surface area contributed by atoms with Gasteiger partial charge < -0.3 is 10.0 Å². The Morgan fingerprint density at radius 2 is 2.32 bits per heavy atom. The van der Waals surface area contributed by atoms with E-state index in [0.29, 0.717) is 6.42 Å². The molecule has 19 heavy (non-hydrogen) atoms. The Morgan fingerprint density at radius 3 is 3.00 bits per heavy atom. The number of amides is 1. The zero-order valence-electron chi connectivity index (χ0n) is 11.2. The monoisotopic (exact) mass is 373 g/mol. The Balaban J connectivity index is 2.15. The van der Waals surface area contributed by atoms with Crippen LogP contribution in [0.15, 0.2) is 24.3 Å². The predicted molar refractivity (Wildman–Crippen MR) is 84.1 cm³/mol. The molecule has 1 amide bonds. The molecule has 1 N–H and O–H groups in total. The Hall–Kier alpha value is -0.620. The number of hydrogen-bond acceptors (Lipinski definition) is 2. The van der Waals surface area contributed by atoms with Crippen molar-refractivity contribution in [1.29, 1.82) is 0 Å². The molecule has 4 heteroatoms. The number of hydrogen-bond donors (Lipinski definition) is 1. The highest BCUT2D eigenvalue weighted by Gasteiger charge is 2.28. The van der Waals surface area contributed by atoms with Crippen LogP contribution in [0.4, 0.5) is 0 Å². The number of rotatable bonds is 3. The fraction of sp³-hybridized carbons (Fsp3) is 0.533. The third-order valence-electron chi connectivity index (χ3n) is 3.57. The Labute approximate surface area is 128 Å². The molecule has 2 rings (SSSR count). The minimum atomic E-state index is -0.352. The quantitative estimate of drug-likeness (QED) is 0.828. The number of aliphatic hydroxyl groups is 1. The van der Waals surface area contributed by atoms with Gasteiger partial charge in [0.15, 0.2) is 0 Å². The average Bonchev–Trinajstić information content (AvgIpc) is 2.38. The fourth-order valence-electron chi connectivity index (χ4n) is 2.69. The Morgan fingerprint density at radius 1 is 1.53 bits per heavy atom. The van der Waals surface area contributed by atoms with Crippen LogP contribution >= 0.6 is 22.6 Å². The van der Waals surface area contributed by atoms with E-state index >= 15 is 0 Å². The van der Waals surface area contributed by atoms with Crippen molar-refractivity contribution in [2.24, 2.45) is 0 Å². The normalized spacial score (nSPS) is 21.2. The SMILES string of the molecule is CC(O)CC1CCCCN1C(=O)c1cccc(I)c1. The molecule has 1 aromatic rings. The molecular weight excluding hydrogens is 353 g/mol. The van der Waals surface area contributed by atoms with Crippen LogP contribution in [0.5, 0.6) is 0 Å². The van der Waals surface area contributed by atoms with E-state index in [1.165, 1.54) is 0 Å². The molecule has 3 nitrogen and oxygen atoms in total. The first-order valence-electron chi connectivity index (χ1n) is 6.82. The van der Waals surface area contributed by atoms with Crippen molar-refractivity contribution in [3.63, 3.8) is 0 Å². The summed E-state index contributed by atoms with van der Waals surface area (Å²) in [6, 6.07) is 7.89. The summed E-state index contributed by atoms with van der Waals surface area (Å²) in [6.07, 6.45) is 3.53. The number of nitrogens with zero attached hydrogens (tertiary/aromatic N) is 1. The Bertz CT molecular complexity index is 448. The summed E-state index contributed by atoms with van der Waals surface area (Å²) in [5.41, 5.74) is 0.754. The molecule has 2 atom stereocenters. The molecule has 0 bridgehead atoms. The summed E-state index contributed by atoms with van der Waals surface area (Å²) in [5.74, 6) is 0.101. The smallest absolute Gasteiger partial charge is 0.254 e. The molecule has 0 spiro atoms. The Kier molecular flexibility index (Phi) is 5.21. The van der Waals surface area contributed by atoms with Crippen molar-refractivity contribution >= 4 is 28.5 Å². The lowest BCUT2D eigenvalue weighted by molar-refractivity contribution is 0.0515. The van der Waals surface area contributed by atoms with Gasteiger partial charge >= 0.3 is 0 Å². The van der Waals surface area contributed by atoms with Gasteiger partial charge in [0.25, 0.3) is 5.91 Å². The van der Waals surface area contributed by atoms with E-state index in [1.807, 2.05) is 29.2 Å². The van der Waals surface area contributed by atoms with Gasteiger partial charge in [0.05, 0.1) is 6.10 Å². The second-order valence-corrected chi connectivity index (χ2v) is 6.49. The summed E-state index contributed by atoms with van der Waals surface area (Å²) < 4.78 is 1.08. The largest absolute Gasteiger partial charge is 0.393 e. The van der Waals surface area contributed by atoms with Gasteiger partial charge in [0.1, 0.15) is 0 Å². The highest BCUT2D eigenvalue weighted by molar-refractivity contribution is 14.1. The summed E-state index contributed by atoms with van der Waals surface area (Å²) >= 11 is 2.22. The minimum absolute atomic E-state index is 0.101. The van der Waals surface area contributed by atoms with Crippen LogP contribution in [0.2, 0.25) is 0 Å². The van der Waals surface area contributed by atoms with Crippen LogP contribution in [-0.4, -0.2) is 34.6 Å². The molecule has 0 saturated carbocycles. The predicted octanol–water partition coefficient (Wildman–Crippen LogP) is 3.06. The van der Waals surface area contributed by atoms with E-state index in [4.69, 9.17) is 0 Å². The number of carbonyl (C=O) groups is 1. The lowest BCUT2D eigenvalue weighted by Crippen LogP contribution is -2.45. The first-order valence-corrected chi connectivity index (χ1v) is 7.90. The van der Waals surface area contributed by atoms with E-state index in [-0.39, 0.29) is 18.1 Å². The van der Waals surface area contributed by atoms with Gasteiger partial charge in [0, 0.05) is 21.7 Å². The molecule has 1 saturated heterocycles. The van der Waals surface area contributed by atoms with Crippen LogP contribution in [0.3, 0.4) is 0 Å². The van der Waals surface area contributed by atoms with Crippen molar-refractivity contribution < 1.29 is 9.90 Å². The molecule has 1 heterocycles. The molecule has 0 radical (unpaired) electrons. The first-order chi connectivity index (χ1) is 9.08. The molecule has 2 unspecified atom stereocenters. The number of likely N-dealkylation sites (tertiary alicyclic amines) is 1. The van der Waals surface area contributed by atoms with Gasteiger partial charge in [-0.2, -0.15) is 0 Å². The van der Waals surface area contributed by atoms with Gasteiger partial charge in [-0.3, -0.25) is 4.79 Å². The maximum atomic E-state index is 12.6. The maximum absolute atomic E-state index is 12.6. The third kappa shape index (κ3) is 3.92. The molecule has 1 aromatic carbocycles. The van der Waals surface area contributed by atoms with Gasteiger partial charge in [-0.1, -0.05) is 6.07 Å². The van der Waals surface area contributed by atoms with Crippen molar-refractivity contribution in [3.05, 3.63) is 33.4 Å². The van der Waals surface area contributed by atoms with E-state index in [9.17, 15) is 9.90 Å².